The van der Waals surface area contributed by atoms with E-state index in [1.807, 2.05) is 61.8 Å². The Morgan fingerprint density at radius 1 is 1.03 bits per heavy atom. The van der Waals surface area contributed by atoms with Gasteiger partial charge in [0.2, 0.25) is 5.91 Å². The molecular formula is C23H21N5O. The highest BCUT2D eigenvalue weighted by molar-refractivity contribution is 5.96. The molecule has 1 amide bonds. The van der Waals surface area contributed by atoms with E-state index in [1.165, 1.54) is 0 Å². The zero-order chi connectivity index (χ0) is 20.2. The van der Waals surface area contributed by atoms with Crippen LogP contribution in [0.25, 0.3) is 11.4 Å². The summed E-state index contributed by atoms with van der Waals surface area (Å²) in [7, 11) is 0. The fourth-order valence-corrected chi connectivity index (χ4v) is 3.57. The van der Waals surface area contributed by atoms with Crippen LogP contribution in [-0.4, -0.2) is 40.4 Å². The molecule has 0 saturated carbocycles. The van der Waals surface area contributed by atoms with Gasteiger partial charge in [0.1, 0.15) is 6.07 Å². The summed E-state index contributed by atoms with van der Waals surface area (Å²) in [5.74, 6) is 0.706. The minimum absolute atomic E-state index is 0.00333. The van der Waals surface area contributed by atoms with Gasteiger partial charge in [0.25, 0.3) is 0 Å². The van der Waals surface area contributed by atoms with E-state index in [-0.39, 0.29) is 5.91 Å². The molecule has 2 aromatic carbocycles. The van der Waals surface area contributed by atoms with Gasteiger partial charge in [0, 0.05) is 43.2 Å². The average molecular weight is 383 g/mol. The number of amides is 1. The molecule has 1 aliphatic heterocycles. The van der Waals surface area contributed by atoms with E-state index in [2.05, 4.69) is 20.9 Å². The lowest BCUT2D eigenvalue weighted by Crippen LogP contribution is -2.50. The number of nitrogens with zero attached hydrogens (tertiary/aromatic N) is 5. The molecule has 4 rings (SSSR count). The quantitative estimate of drug-likeness (QED) is 0.692. The van der Waals surface area contributed by atoms with Crippen molar-refractivity contribution < 1.29 is 4.79 Å². The Morgan fingerprint density at radius 2 is 1.76 bits per heavy atom. The summed E-state index contributed by atoms with van der Waals surface area (Å²) in [4.78, 5) is 25.5. The van der Waals surface area contributed by atoms with Gasteiger partial charge in [-0.25, -0.2) is 9.97 Å². The van der Waals surface area contributed by atoms with E-state index in [1.54, 1.807) is 11.0 Å². The van der Waals surface area contributed by atoms with Gasteiger partial charge in [-0.3, -0.25) is 9.69 Å². The van der Waals surface area contributed by atoms with Gasteiger partial charge in [-0.1, -0.05) is 36.4 Å². The van der Waals surface area contributed by atoms with Crippen LogP contribution in [0.15, 0.2) is 60.9 Å². The second-order valence-corrected chi connectivity index (χ2v) is 7.11. The number of anilines is 1. The zero-order valence-electron chi connectivity index (χ0n) is 16.2. The molecule has 0 aliphatic carbocycles. The molecule has 0 spiro atoms. The first-order valence-electron chi connectivity index (χ1n) is 9.54. The van der Waals surface area contributed by atoms with Crippen LogP contribution < -0.4 is 4.90 Å². The second-order valence-electron chi connectivity index (χ2n) is 7.11. The summed E-state index contributed by atoms with van der Waals surface area (Å²) in [5, 5.41) is 9.29. The monoisotopic (exact) mass is 383 g/mol. The third-order valence-electron chi connectivity index (χ3n) is 5.11. The highest BCUT2D eigenvalue weighted by Crippen LogP contribution is 2.23. The minimum atomic E-state index is -0.00333. The number of piperazine rings is 1. The molecule has 1 aromatic heterocycles. The van der Waals surface area contributed by atoms with Crippen molar-refractivity contribution in [3.8, 4) is 17.5 Å². The van der Waals surface area contributed by atoms with E-state index in [0.717, 1.165) is 23.2 Å². The first-order valence-corrected chi connectivity index (χ1v) is 9.54. The number of hydrogen-bond donors (Lipinski definition) is 0. The van der Waals surface area contributed by atoms with Crippen molar-refractivity contribution in [2.75, 3.05) is 24.5 Å². The van der Waals surface area contributed by atoms with Gasteiger partial charge in [-0.2, -0.15) is 5.26 Å². The molecule has 6 nitrogen and oxygen atoms in total. The van der Waals surface area contributed by atoms with Gasteiger partial charge in [-0.15, -0.1) is 0 Å². The third-order valence-corrected chi connectivity index (χ3v) is 5.11. The largest absolute Gasteiger partial charge is 0.309 e. The van der Waals surface area contributed by atoms with Crippen LogP contribution in [0.2, 0.25) is 0 Å². The number of aryl methyl sites for hydroxylation is 1. The molecule has 1 aliphatic rings. The Bertz CT molecular complexity index is 1070. The first kappa shape index (κ1) is 18.8. The maximum Gasteiger partial charge on any atom is 0.241 e. The van der Waals surface area contributed by atoms with E-state index < -0.39 is 0 Å². The molecule has 3 aromatic rings. The van der Waals surface area contributed by atoms with Crippen LogP contribution >= 0.6 is 0 Å². The molecule has 144 valence electrons. The molecule has 29 heavy (non-hydrogen) atoms. The van der Waals surface area contributed by atoms with E-state index >= 15 is 0 Å². The topological polar surface area (TPSA) is 73.1 Å². The van der Waals surface area contributed by atoms with Crippen molar-refractivity contribution in [2.24, 2.45) is 0 Å². The lowest BCUT2D eigenvalue weighted by atomic mass is 10.1. The van der Waals surface area contributed by atoms with Crippen molar-refractivity contribution in [3.63, 3.8) is 0 Å². The van der Waals surface area contributed by atoms with Crippen molar-refractivity contribution >= 4 is 11.6 Å². The Morgan fingerprint density at radius 3 is 2.48 bits per heavy atom. The summed E-state index contributed by atoms with van der Waals surface area (Å²) in [5.41, 5.74) is 4.35. The SMILES string of the molecule is Cc1ccccc1-c1ncc(CN2CCN(c3ccccc3C#N)C(=O)C2)cn1. The molecular weight excluding hydrogens is 362 g/mol. The molecule has 0 atom stereocenters. The van der Waals surface area contributed by atoms with Crippen molar-refractivity contribution in [1.29, 1.82) is 5.26 Å². The van der Waals surface area contributed by atoms with Crippen LogP contribution in [0.4, 0.5) is 5.69 Å². The predicted molar refractivity (Wildman–Crippen MR) is 111 cm³/mol. The first-order chi connectivity index (χ1) is 14.2. The number of nitriles is 1. The lowest BCUT2D eigenvalue weighted by Gasteiger charge is -2.34. The molecule has 1 fully saturated rings. The Hall–Kier alpha value is -3.56. The molecule has 2 heterocycles. The summed E-state index contributed by atoms with van der Waals surface area (Å²) in [6.07, 6.45) is 3.66. The highest BCUT2D eigenvalue weighted by Gasteiger charge is 2.26. The van der Waals surface area contributed by atoms with Crippen LogP contribution in [0.5, 0.6) is 0 Å². The van der Waals surface area contributed by atoms with E-state index in [9.17, 15) is 10.1 Å². The van der Waals surface area contributed by atoms with E-state index in [4.69, 9.17) is 0 Å². The van der Waals surface area contributed by atoms with Crippen LogP contribution in [0.1, 0.15) is 16.7 Å². The van der Waals surface area contributed by atoms with Gasteiger partial charge >= 0.3 is 0 Å². The standard InChI is InChI=1S/C23H21N5O/c1-17-6-2-4-8-20(17)23-25-13-18(14-26-23)15-27-10-11-28(22(29)16-27)21-9-5-3-7-19(21)12-24/h2-9,13-14H,10-11,15-16H2,1H3. The number of rotatable bonds is 4. The molecule has 0 unspecified atom stereocenters. The molecule has 0 N–H and O–H groups in total. The van der Waals surface area contributed by atoms with E-state index in [0.29, 0.717) is 36.7 Å². The molecule has 0 radical (unpaired) electrons. The van der Waals surface area contributed by atoms with Crippen molar-refractivity contribution in [1.82, 2.24) is 14.9 Å². The maximum atomic E-state index is 12.7. The smallest absolute Gasteiger partial charge is 0.241 e. The van der Waals surface area contributed by atoms with Gasteiger partial charge < -0.3 is 4.90 Å². The fraction of sp³-hybridized carbons (Fsp3) is 0.217. The van der Waals surface area contributed by atoms with Gasteiger partial charge in [0.15, 0.2) is 5.82 Å². The van der Waals surface area contributed by atoms with Gasteiger partial charge in [0.05, 0.1) is 17.8 Å². The number of carbonyl (C=O) groups is 1. The van der Waals surface area contributed by atoms with Crippen LogP contribution in [0.3, 0.4) is 0 Å². The molecule has 6 heteroatoms. The summed E-state index contributed by atoms with van der Waals surface area (Å²) < 4.78 is 0. The number of carbonyl (C=O) groups excluding carboxylic acids is 1. The number of hydrogen-bond acceptors (Lipinski definition) is 5. The maximum absolute atomic E-state index is 12.7. The Labute approximate surface area is 170 Å². The summed E-state index contributed by atoms with van der Waals surface area (Å²) in [6, 6.07) is 17.4. The summed E-state index contributed by atoms with van der Waals surface area (Å²) in [6.45, 7) is 4.25. The third kappa shape index (κ3) is 4.00. The normalized spacial score (nSPS) is 14.6. The number of benzene rings is 2. The fourth-order valence-electron chi connectivity index (χ4n) is 3.57. The van der Waals surface area contributed by atoms with Crippen molar-refractivity contribution in [2.45, 2.75) is 13.5 Å². The number of aromatic nitrogens is 2. The second kappa shape index (κ2) is 8.21. The predicted octanol–water partition coefficient (Wildman–Crippen LogP) is 3.17. The number of para-hydroxylation sites is 1. The van der Waals surface area contributed by atoms with Gasteiger partial charge in [-0.05, 0) is 24.6 Å². The Kier molecular flexibility index (Phi) is 5.32. The lowest BCUT2D eigenvalue weighted by molar-refractivity contribution is -0.121. The average Bonchev–Trinajstić information content (AvgIpc) is 2.75. The zero-order valence-corrected chi connectivity index (χ0v) is 16.2. The Balaban J connectivity index is 1.42. The molecule has 0 bridgehead atoms. The minimum Gasteiger partial charge on any atom is -0.309 e. The van der Waals surface area contributed by atoms with Crippen LogP contribution in [0, 0.1) is 18.3 Å². The van der Waals surface area contributed by atoms with Crippen molar-refractivity contribution in [3.05, 3.63) is 77.6 Å². The summed E-state index contributed by atoms with van der Waals surface area (Å²) >= 11 is 0. The molecule has 1 saturated heterocycles. The van der Waals surface area contributed by atoms with Crippen LogP contribution in [-0.2, 0) is 11.3 Å². The highest BCUT2D eigenvalue weighted by atomic mass is 16.2.